The lowest BCUT2D eigenvalue weighted by atomic mass is 10.1. The second-order valence-corrected chi connectivity index (χ2v) is 7.64. The Morgan fingerprint density at radius 3 is 2.41 bits per heavy atom. The number of carbonyl (C=O) groups is 1. The molecule has 0 unspecified atom stereocenters. The molecule has 0 aliphatic heterocycles. The summed E-state index contributed by atoms with van der Waals surface area (Å²) in [6.07, 6.45) is 0. The van der Waals surface area contributed by atoms with Crippen molar-refractivity contribution in [2.45, 2.75) is 0 Å². The first-order chi connectivity index (χ1) is 14.1. The lowest BCUT2D eigenvalue weighted by Gasteiger charge is -2.14. The highest BCUT2D eigenvalue weighted by Crippen LogP contribution is 2.37. The van der Waals surface area contributed by atoms with Crippen molar-refractivity contribution in [2.75, 3.05) is 19.5 Å². The summed E-state index contributed by atoms with van der Waals surface area (Å²) in [7, 11) is 3.03. The third-order valence-corrected chi connectivity index (χ3v) is 5.71. The van der Waals surface area contributed by atoms with Crippen molar-refractivity contribution in [3.05, 3.63) is 71.2 Å². The number of hydrogen-bond acceptors (Lipinski definition) is 5. The van der Waals surface area contributed by atoms with Crippen LogP contribution in [0.1, 0.15) is 10.4 Å². The number of aromatic nitrogens is 1. The van der Waals surface area contributed by atoms with Gasteiger partial charge in [-0.15, -0.1) is 11.3 Å². The van der Waals surface area contributed by atoms with Gasteiger partial charge in [0.2, 0.25) is 0 Å². The normalized spacial score (nSPS) is 10.7. The molecule has 4 rings (SSSR count). The van der Waals surface area contributed by atoms with Gasteiger partial charge in [0.1, 0.15) is 22.1 Å². The maximum atomic E-state index is 13.1. The van der Waals surface area contributed by atoms with E-state index in [1.807, 2.05) is 24.3 Å². The minimum Gasteiger partial charge on any atom is -0.496 e. The molecule has 146 valence electrons. The number of carbonyl (C=O) groups excluding carboxylic acids is 1. The number of benzene rings is 3. The molecule has 0 fully saturated rings. The van der Waals surface area contributed by atoms with E-state index < -0.39 is 0 Å². The van der Waals surface area contributed by atoms with Crippen molar-refractivity contribution in [1.82, 2.24) is 4.98 Å². The van der Waals surface area contributed by atoms with E-state index in [0.29, 0.717) is 27.8 Å². The molecule has 5 nitrogen and oxygen atoms in total. The van der Waals surface area contributed by atoms with Gasteiger partial charge >= 0.3 is 0 Å². The number of hydrogen-bond donors (Lipinski definition) is 1. The molecule has 1 N–H and O–H groups in total. The van der Waals surface area contributed by atoms with Gasteiger partial charge in [-0.1, -0.05) is 29.8 Å². The van der Waals surface area contributed by atoms with Crippen molar-refractivity contribution >= 4 is 44.7 Å². The van der Waals surface area contributed by atoms with Crippen LogP contribution in [0.3, 0.4) is 0 Å². The maximum absolute atomic E-state index is 13.1. The molecule has 7 heteroatoms. The van der Waals surface area contributed by atoms with E-state index in [9.17, 15) is 4.79 Å². The quantitative estimate of drug-likeness (QED) is 0.434. The van der Waals surface area contributed by atoms with Gasteiger partial charge in [0, 0.05) is 10.6 Å². The van der Waals surface area contributed by atoms with Crippen LogP contribution in [0.4, 0.5) is 5.69 Å². The number of anilines is 1. The van der Waals surface area contributed by atoms with Gasteiger partial charge in [-0.3, -0.25) is 4.79 Å². The van der Waals surface area contributed by atoms with Crippen molar-refractivity contribution in [3.8, 4) is 22.1 Å². The number of nitrogens with zero attached hydrogens (tertiary/aromatic N) is 1. The third-order valence-electron chi connectivity index (χ3n) is 4.41. The number of methoxy groups -OCH3 is 2. The molecule has 0 saturated carbocycles. The smallest absolute Gasteiger partial charge is 0.263 e. The molecule has 4 aromatic rings. The van der Waals surface area contributed by atoms with E-state index in [0.717, 1.165) is 20.8 Å². The van der Waals surface area contributed by atoms with Gasteiger partial charge in [0.05, 0.1) is 30.1 Å². The van der Waals surface area contributed by atoms with E-state index in [-0.39, 0.29) is 5.91 Å². The summed E-state index contributed by atoms with van der Waals surface area (Å²) in [6, 6.07) is 18.4. The fraction of sp³-hybridized carbons (Fsp3) is 0.0909. The molecule has 0 aliphatic rings. The number of nitrogens with one attached hydrogen (secondary N) is 1. The third kappa shape index (κ3) is 3.77. The number of halogens is 1. The summed E-state index contributed by atoms with van der Waals surface area (Å²) in [5, 5.41) is 4.29. The highest BCUT2D eigenvalue weighted by molar-refractivity contribution is 7.21. The molecule has 0 saturated heterocycles. The Labute approximate surface area is 176 Å². The summed E-state index contributed by atoms with van der Waals surface area (Å²) < 4.78 is 11.8. The summed E-state index contributed by atoms with van der Waals surface area (Å²) in [5.41, 5.74) is 2.58. The molecule has 0 bridgehead atoms. The predicted octanol–water partition coefficient (Wildman–Crippen LogP) is 5.89. The zero-order chi connectivity index (χ0) is 20.4. The number of amides is 1. The van der Waals surface area contributed by atoms with Gasteiger partial charge in [-0.2, -0.15) is 0 Å². The highest BCUT2D eigenvalue weighted by Gasteiger charge is 2.20. The second-order valence-electron chi connectivity index (χ2n) is 6.17. The van der Waals surface area contributed by atoms with Crippen molar-refractivity contribution in [2.24, 2.45) is 0 Å². The van der Waals surface area contributed by atoms with Crippen LogP contribution in [0.5, 0.6) is 11.5 Å². The van der Waals surface area contributed by atoms with Crippen molar-refractivity contribution in [3.63, 3.8) is 0 Å². The number of fused-ring (bicyclic) bond motifs is 1. The van der Waals surface area contributed by atoms with E-state index in [4.69, 9.17) is 26.1 Å². The molecule has 1 amide bonds. The Hall–Kier alpha value is -3.09. The van der Waals surface area contributed by atoms with Crippen LogP contribution >= 0.6 is 22.9 Å². The lowest BCUT2D eigenvalue weighted by Crippen LogP contribution is -2.15. The first kappa shape index (κ1) is 19.2. The zero-order valence-electron chi connectivity index (χ0n) is 15.7. The average Bonchev–Trinajstić information content (AvgIpc) is 3.18. The van der Waals surface area contributed by atoms with Gasteiger partial charge in [0.25, 0.3) is 5.91 Å². The van der Waals surface area contributed by atoms with Crippen LogP contribution in [0, 0.1) is 0 Å². The van der Waals surface area contributed by atoms with Crippen LogP contribution in [0.25, 0.3) is 20.8 Å². The second kappa shape index (κ2) is 8.11. The minimum atomic E-state index is -0.344. The van der Waals surface area contributed by atoms with Crippen LogP contribution < -0.4 is 14.8 Å². The standard InChI is InChI=1S/C22H17ClN2O3S/c1-27-17-7-5-8-18(28-2)20(17)21(26)24-15-11-10-13(23)12-14(15)22-25-16-6-3-4-9-19(16)29-22/h3-12H,1-2H3,(H,24,26). The van der Waals surface area contributed by atoms with Crippen molar-refractivity contribution < 1.29 is 14.3 Å². The van der Waals surface area contributed by atoms with E-state index in [1.54, 1.807) is 47.7 Å². The Balaban J connectivity index is 1.76. The number of rotatable bonds is 5. The first-order valence-electron chi connectivity index (χ1n) is 8.78. The fourth-order valence-electron chi connectivity index (χ4n) is 3.05. The monoisotopic (exact) mass is 424 g/mol. The molecule has 0 spiro atoms. The molecular weight excluding hydrogens is 408 g/mol. The Bertz CT molecular complexity index is 1150. The van der Waals surface area contributed by atoms with Gasteiger partial charge < -0.3 is 14.8 Å². The molecule has 0 aliphatic carbocycles. The van der Waals surface area contributed by atoms with E-state index >= 15 is 0 Å². The molecule has 3 aromatic carbocycles. The largest absolute Gasteiger partial charge is 0.496 e. The lowest BCUT2D eigenvalue weighted by molar-refractivity contribution is 0.102. The number of thiazole rings is 1. The van der Waals surface area contributed by atoms with Crippen LogP contribution in [0.2, 0.25) is 5.02 Å². The Morgan fingerprint density at radius 2 is 1.72 bits per heavy atom. The van der Waals surface area contributed by atoms with Crippen LogP contribution in [-0.2, 0) is 0 Å². The number of para-hydroxylation sites is 1. The maximum Gasteiger partial charge on any atom is 0.263 e. The van der Waals surface area contributed by atoms with Gasteiger partial charge in [-0.05, 0) is 42.5 Å². The van der Waals surface area contributed by atoms with Gasteiger partial charge in [-0.25, -0.2) is 4.98 Å². The summed E-state index contributed by atoms with van der Waals surface area (Å²) in [5.74, 6) is 0.513. The molecule has 0 atom stereocenters. The molecule has 1 heterocycles. The van der Waals surface area contributed by atoms with Crippen molar-refractivity contribution in [1.29, 1.82) is 0 Å². The zero-order valence-corrected chi connectivity index (χ0v) is 17.3. The summed E-state index contributed by atoms with van der Waals surface area (Å²) in [4.78, 5) is 17.8. The highest BCUT2D eigenvalue weighted by atomic mass is 35.5. The predicted molar refractivity (Wildman–Crippen MR) is 118 cm³/mol. The Morgan fingerprint density at radius 1 is 1.00 bits per heavy atom. The average molecular weight is 425 g/mol. The molecule has 1 aromatic heterocycles. The van der Waals surface area contributed by atoms with Crippen LogP contribution in [0.15, 0.2) is 60.7 Å². The van der Waals surface area contributed by atoms with Gasteiger partial charge in [0.15, 0.2) is 0 Å². The van der Waals surface area contributed by atoms with Crippen LogP contribution in [-0.4, -0.2) is 25.1 Å². The Kier molecular flexibility index (Phi) is 5.38. The number of ether oxygens (including phenoxy) is 2. The SMILES string of the molecule is COc1cccc(OC)c1C(=O)Nc1ccc(Cl)cc1-c1nc2ccccc2s1. The first-order valence-corrected chi connectivity index (χ1v) is 9.98. The molecule has 29 heavy (non-hydrogen) atoms. The summed E-state index contributed by atoms with van der Waals surface area (Å²) >= 11 is 7.78. The fourth-order valence-corrected chi connectivity index (χ4v) is 4.22. The summed E-state index contributed by atoms with van der Waals surface area (Å²) in [6.45, 7) is 0. The topological polar surface area (TPSA) is 60.5 Å². The van der Waals surface area contributed by atoms with E-state index in [1.165, 1.54) is 14.2 Å². The van der Waals surface area contributed by atoms with E-state index in [2.05, 4.69) is 5.32 Å². The molecular formula is C22H17ClN2O3S. The molecule has 0 radical (unpaired) electrons. The minimum absolute atomic E-state index is 0.322.